The molecule has 0 radical (unpaired) electrons. The molecule has 0 fully saturated rings. The Morgan fingerprint density at radius 2 is 0.870 bits per heavy atom. The highest BCUT2D eigenvalue weighted by Gasteiger charge is 2.22. The second-order valence-electron chi connectivity index (χ2n) is 11.0. The Morgan fingerprint density at radius 3 is 1.28 bits per heavy atom. The van der Waals surface area contributed by atoms with Gasteiger partial charge in [0.05, 0.1) is 33.5 Å². The van der Waals surface area contributed by atoms with Crippen LogP contribution in [-0.4, -0.2) is 21.9 Å². The van der Waals surface area contributed by atoms with Gasteiger partial charge in [-0.05, 0) is 61.4 Å². The van der Waals surface area contributed by atoms with Crippen LogP contribution in [-0.2, 0) is 0 Å². The Hall–Kier alpha value is -6.14. The Labute approximate surface area is 265 Å². The summed E-state index contributed by atoms with van der Waals surface area (Å²) in [6, 6.07) is 41.1. The van der Waals surface area contributed by atoms with E-state index in [0.717, 1.165) is 22.3 Å². The molecule has 0 aliphatic heterocycles. The molecule has 46 heavy (non-hydrogen) atoms. The summed E-state index contributed by atoms with van der Waals surface area (Å²) in [6.45, 7) is 3.77. The zero-order valence-corrected chi connectivity index (χ0v) is 25.2. The minimum Gasteiger partial charge on any atom is -0.423 e. The predicted molar refractivity (Wildman–Crippen MR) is 180 cm³/mol. The van der Waals surface area contributed by atoms with Crippen molar-refractivity contribution in [2.24, 2.45) is 0 Å². The van der Waals surface area contributed by atoms with Crippen molar-refractivity contribution < 1.29 is 19.1 Å². The molecule has 0 atom stereocenters. The van der Waals surface area contributed by atoms with Gasteiger partial charge in [0, 0.05) is 21.9 Å². The van der Waals surface area contributed by atoms with Crippen LogP contribution in [0.15, 0.2) is 133 Å². The van der Waals surface area contributed by atoms with Crippen LogP contribution in [0.2, 0.25) is 0 Å². The molecule has 0 N–H and O–H groups in total. The Balaban J connectivity index is 1.46. The lowest BCUT2D eigenvalue weighted by Crippen LogP contribution is -2.12. The largest absolute Gasteiger partial charge is 0.423 e. The molecule has 7 rings (SSSR count). The minimum atomic E-state index is -0.531. The third-order valence-corrected chi connectivity index (χ3v) is 7.91. The van der Waals surface area contributed by atoms with E-state index in [1.807, 2.05) is 117 Å². The molecule has 0 saturated heterocycles. The lowest BCUT2D eigenvalue weighted by atomic mass is 9.99. The smallest absolute Gasteiger partial charge is 0.344 e. The number of hydrogen-bond donors (Lipinski definition) is 0. The molecule has 0 amide bonds. The third-order valence-electron chi connectivity index (χ3n) is 7.91. The highest BCUT2D eigenvalue weighted by Crippen LogP contribution is 2.33. The van der Waals surface area contributed by atoms with Crippen LogP contribution < -0.4 is 9.47 Å². The lowest BCUT2D eigenvalue weighted by molar-refractivity contribution is 0.0726. The van der Waals surface area contributed by atoms with E-state index >= 15 is 0 Å². The van der Waals surface area contributed by atoms with Gasteiger partial charge >= 0.3 is 11.9 Å². The van der Waals surface area contributed by atoms with Gasteiger partial charge in [-0.1, -0.05) is 97.1 Å². The second kappa shape index (κ2) is 12.1. The molecule has 0 aliphatic rings. The summed E-state index contributed by atoms with van der Waals surface area (Å²) in [4.78, 5) is 37.7. The summed E-state index contributed by atoms with van der Waals surface area (Å²) in [7, 11) is 0. The standard InChI is InChI=1S/C40H28N2O4/c1-25-13-9-11-19-37(25)45-39(43)31-22-33(27-15-5-3-6-16-27)41-35-24-36-30(21-29(31)35)32(23-34(42-36)28-17-7-4-8-18-28)40(44)46-38-20-12-10-14-26(38)2/h3-24H,1-2H3. The first-order valence-corrected chi connectivity index (χ1v) is 14.9. The summed E-state index contributed by atoms with van der Waals surface area (Å²) in [6.07, 6.45) is 0. The van der Waals surface area contributed by atoms with E-state index in [1.165, 1.54) is 0 Å². The summed E-state index contributed by atoms with van der Waals surface area (Å²) < 4.78 is 11.8. The number of hydrogen-bond acceptors (Lipinski definition) is 6. The zero-order chi connectivity index (χ0) is 31.6. The van der Waals surface area contributed by atoms with Crippen molar-refractivity contribution >= 4 is 33.7 Å². The number of esters is 2. The van der Waals surface area contributed by atoms with Gasteiger partial charge in [0.1, 0.15) is 11.5 Å². The fraction of sp³-hybridized carbons (Fsp3) is 0.0500. The van der Waals surface area contributed by atoms with Crippen LogP contribution in [0.5, 0.6) is 11.5 Å². The van der Waals surface area contributed by atoms with Gasteiger partial charge in [-0.25, -0.2) is 19.6 Å². The molecule has 5 aromatic carbocycles. The lowest BCUT2D eigenvalue weighted by Gasteiger charge is -2.14. The van der Waals surface area contributed by atoms with Crippen molar-refractivity contribution in [3.05, 3.63) is 156 Å². The van der Waals surface area contributed by atoms with E-state index in [0.29, 0.717) is 55.8 Å². The maximum atomic E-state index is 13.9. The maximum Gasteiger partial charge on any atom is 0.344 e. The number of carbonyl (C=O) groups excluding carboxylic acids is 2. The van der Waals surface area contributed by atoms with Gasteiger partial charge in [-0.2, -0.15) is 0 Å². The van der Waals surface area contributed by atoms with Crippen molar-refractivity contribution in [2.75, 3.05) is 0 Å². The fourth-order valence-electron chi connectivity index (χ4n) is 5.45. The summed E-state index contributed by atoms with van der Waals surface area (Å²) in [5.74, 6) is -0.125. The number of para-hydroxylation sites is 2. The number of ether oxygens (including phenoxy) is 2. The predicted octanol–water partition coefficient (Wildman–Crippen LogP) is 9.17. The molecular formula is C40H28N2O4. The van der Waals surface area contributed by atoms with Crippen LogP contribution in [0, 0.1) is 13.8 Å². The molecule has 6 heteroatoms. The monoisotopic (exact) mass is 600 g/mol. The van der Waals surface area contributed by atoms with Crippen molar-refractivity contribution in [3.8, 4) is 34.0 Å². The maximum absolute atomic E-state index is 13.9. The summed E-state index contributed by atoms with van der Waals surface area (Å²) >= 11 is 0. The van der Waals surface area contributed by atoms with Crippen LogP contribution in [0.1, 0.15) is 31.8 Å². The normalized spacial score (nSPS) is 11.0. The molecule has 0 unspecified atom stereocenters. The zero-order valence-electron chi connectivity index (χ0n) is 25.2. The van der Waals surface area contributed by atoms with Gasteiger partial charge < -0.3 is 9.47 Å². The van der Waals surface area contributed by atoms with E-state index in [9.17, 15) is 9.59 Å². The first kappa shape index (κ1) is 28.6. The molecule has 7 aromatic rings. The first-order chi connectivity index (χ1) is 22.4. The van der Waals surface area contributed by atoms with Crippen molar-refractivity contribution in [1.82, 2.24) is 9.97 Å². The quantitative estimate of drug-likeness (QED) is 0.108. The number of fused-ring (bicyclic) bond motifs is 2. The summed E-state index contributed by atoms with van der Waals surface area (Å²) in [5.41, 5.74) is 6.32. The van der Waals surface area contributed by atoms with Gasteiger partial charge in [-0.3, -0.25) is 0 Å². The van der Waals surface area contributed by atoms with E-state index in [4.69, 9.17) is 19.4 Å². The highest BCUT2D eigenvalue weighted by molar-refractivity contribution is 6.13. The Kier molecular flexibility index (Phi) is 7.53. The van der Waals surface area contributed by atoms with Crippen molar-refractivity contribution in [3.63, 3.8) is 0 Å². The van der Waals surface area contributed by atoms with Gasteiger partial charge in [0.2, 0.25) is 0 Å². The van der Waals surface area contributed by atoms with Crippen LogP contribution in [0.3, 0.4) is 0 Å². The summed E-state index contributed by atoms with van der Waals surface area (Å²) in [5, 5.41) is 1.06. The Morgan fingerprint density at radius 1 is 0.478 bits per heavy atom. The molecule has 0 spiro atoms. The number of nitrogens with zero attached hydrogens (tertiary/aromatic N) is 2. The van der Waals surface area contributed by atoms with E-state index in [-0.39, 0.29) is 0 Å². The number of aromatic nitrogens is 2. The number of aryl methyl sites for hydroxylation is 2. The number of carbonyl (C=O) groups is 2. The molecule has 222 valence electrons. The Bertz CT molecular complexity index is 2110. The molecule has 0 bridgehead atoms. The molecular weight excluding hydrogens is 572 g/mol. The molecule has 2 aromatic heterocycles. The fourth-order valence-corrected chi connectivity index (χ4v) is 5.45. The number of benzene rings is 5. The first-order valence-electron chi connectivity index (χ1n) is 14.9. The van der Waals surface area contributed by atoms with E-state index < -0.39 is 11.9 Å². The van der Waals surface area contributed by atoms with Crippen molar-refractivity contribution in [1.29, 1.82) is 0 Å². The second-order valence-corrected chi connectivity index (χ2v) is 11.0. The highest BCUT2D eigenvalue weighted by atomic mass is 16.5. The number of rotatable bonds is 6. The van der Waals surface area contributed by atoms with Gasteiger partial charge in [0.15, 0.2) is 0 Å². The average molecular weight is 601 g/mol. The van der Waals surface area contributed by atoms with Crippen LogP contribution >= 0.6 is 0 Å². The van der Waals surface area contributed by atoms with Gasteiger partial charge in [-0.15, -0.1) is 0 Å². The molecule has 0 aliphatic carbocycles. The topological polar surface area (TPSA) is 78.4 Å². The van der Waals surface area contributed by atoms with Crippen LogP contribution in [0.25, 0.3) is 44.3 Å². The molecule has 0 saturated carbocycles. The van der Waals surface area contributed by atoms with Crippen LogP contribution in [0.4, 0.5) is 0 Å². The van der Waals surface area contributed by atoms with Gasteiger partial charge in [0.25, 0.3) is 0 Å². The molecule has 2 heterocycles. The van der Waals surface area contributed by atoms with E-state index in [2.05, 4.69) is 0 Å². The number of pyridine rings is 2. The third kappa shape index (κ3) is 5.60. The van der Waals surface area contributed by atoms with Crippen molar-refractivity contribution in [2.45, 2.75) is 13.8 Å². The average Bonchev–Trinajstić information content (AvgIpc) is 3.09. The molecule has 6 nitrogen and oxygen atoms in total. The SMILES string of the molecule is Cc1ccccc1OC(=O)c1cc(-c2ccccc2)nc2cc3nc(-c4ccccc4)cc(C(=O)Oc4ccccc4C)c3cc12. The minimum absolute atomic E-state index is 0.319. The van der Waals surface area contributed by atoms with E-state index in [1.54, 1.807) is 30.3 Å².